The summed E-state index contributed by atoms with van der Waals surface area (Å²) in [6.45, 7) is 7.20. The van der Waals surface area contributed by atoms with Crippen molar-refractivity contribution in [2.75, 3.05) is 11.9 Å². The minimum absolute atomic E-state index is 0.241. The van der Waals surface area contributed by atoms with E-state index in [0.717, 1.165) is 17.0 Å². The number of amides is 2. The van der Waals surface area contributed by atoms with Gasteiger partial charge in [0.25, 0.3) is 5.91 Å². The first kappa shape index (κ1) is 15.9. The van der Waals surface area contributed by atoms with Gasteiger partial charge in [-0.1, -0.05) is 32.0 Å². The summed E-state index contributed by atoms with van der Waals surface area (Å²) < 4.78 is 0. The second-order valence-electron chi connectivity index (χ2n) is 4.23. The number of nitrogens with one attached hydrogen (secondary N) is 1. The van der Waals surface area contributed by atoms with Crippen molar-refractivity contribution in [3.8, 4) is 0 Å². The molecule has 2 amide bonds. The van der Waals surface area contributed by atoms with Gasteiger partial charge in [0.2, 0.25) is 12.1 Å². The van der Waals surface area contributed by atoms with Gasteiger partial charge in [0.1, 0.15) is 0 Å². The van der Waals surface area contributed by atoms with Crippen LogP contribution in [0, 0.1) is 0 Å². The molecule has 0 bridgehead atoms. The number of benzene rings is 1. The molecule has 1 unspecified atom stereocenters. The molecule has 0 fully saturated rings. The summed E-state index contributed by atoms with van der Waals surface area (Å²) >= 11 is 0. The van der Waals surface area contributed by atoms with Crippen LogP contribution in [0.3, 0.4) is 0 Å². The number of rotatable bonds is 1. The van der Waals surface area contributed by atoms with E-state index in [1.807, 2.05) is 45.0 Å². The van der Waals surface area contributed by atoms with Crippen LogP contribution in [-0.4, -0.2) is 30.7 Å². The summed E-state index contributed by atoms with van der Waals surface area (Å²) in [5, 5.41) is 2.55. The molecule has 0 saturated carbocycles. The number of hydrogen-bond donors (Lipinski definition) is 1. The number of carbonyl (C=O) groups is 2. The quantitative estimate of drug-likeness (QED) is 0.851. The van der Waals surface area contributed by atoms with Gasteiger partial charge in [-0.2, -0.15) is 0 Å². The monoisotopic (exact) mass is 275 g/mol. The number of anilines is 1. The Balaban J connectivity index is 0.000000956. The molecular weight excluding hydrogens is 254 g/mol. The Morgan fingerprint density at radius 3 is 2.50 bits per heavy atom. The highest BCUT2D eigenvalue weighted by Crippen LogP contribution is 2.23. The fourth-order valence-electron chi connectivity index (χ4n) is 1.98. The SMILES string of the molecule is CC.CC(=O)NC1N=C(C)c2ccccc2N(C)C1=O. The van der Waals surface area contributed by atoms with E-state index in [4.69, 9.17) is 0 Å². The molecule has 5 nitrogen and oxygen atoms in total. The highest BCUT2D eigenvalue weighted by Gasteiger charge is 2.28. The highest BCUT2D eigenvalue weighted by molar-refractivity contribution is 6.12. The van der Waals surface area contributed by atoms with Crippen molar-refractivity contribution in [2.24, 2.45) is 4.99 Å². The summed E-state index contributed by atoms with van der Waals surface area (Å²) in [6, 6.07) is 7.54. The second kappa shape index (κ2) is 6.84. The maximum atomic E-state index is 12.2. The summed E-state index contributed by atoms with van der Waals surface area (Å²) in [6.07, 6.45) is -0.847. The number of aliphatic imine (C=N–C) groups is 1. The number of para-hydroxylation sites is 1. The van der Waals surface area contributed by atoms with E-state index in [-0.39, 0.29) is 11.8 Å². The lowest BCUT2D eigenvalue weighted by Gasteiger charge is -2.20. The van der Waals surface area contributed by atoms with Crippen molar-refractivity contribution >= 4 is 23.2 Å². The van der Waals surface area contributed by atoms with Crippen molar-refractivity contribution in [3.05, 3.63) is 29.8 Å². The predicted molar refractivity (Wildman–Crippen MR) is 81.0 cm³/mol. The molecule has 20 heavy (non-hydrogen) atoms. The number of fused-ring (bicyclic) bond motifs is 1. The fourth-order valence-corrected chi connectivity index (χ4v) is 1.98. The van der Waals surface area contributed by atoms with E-state index >= 15 is 0 Å². The number of benzodiazepines with no additional fused rings is 1. The summed E-state index contributed by atoms with van der Waals surface area (Å²) in [4.78, 5) is 29.1. The van der Waals surface area contributed by atoms with Gasteiger partial charge in [-0.25, -0.2) is 0 Å². The molecule has 1 atom stereocenters. The Kier molecular flexibility index (Phi) is 5.43. The maximum absolute atomic E-state index is 12.2. The molecule has 0 radical (unpaired) electrons. The third-order valence-electron chi connectivity index (χ3n) is 2.88. The van der Waals surface area contributed by atoms with Gasteiger partial charge < -0.3 is 10.2 Å². The van der Waals surface area contributed by atoms with Crippen LogP contribution < -0.4 is 10.2 Å². The molecule has 1 aromatic carbocycles. The first-order chi connectivity index (χ1) is 9.50. The van der Waals surface area contributed by atoms with E-state index in [9.17, 15) is 9.59 Å². The molecular formula is C15H21N3O2. The Labute approximate surface area is 119 Å². The molecule has 1 heterocycles. The lowest BCUT2D eigenvalue weighted by Crippen LogP contribution is -2.45. The number of carbonyl (C=O) groups excluding carboxylic acids is 2. The Morgan fingerprint density at radius 2 is 1.90 bits per heavy atom. The van der Waals surface area contributed by atoms with Crippen LogP contribution in [-0.2, 0) is 9.59 Å². The Bertz CT molecular complexity index is 538. The molecule has 1 aromatic rings. The Hall–Kier alpha value is -2.17. The van der Waals surface area contributed by atoms with Crippen molar-refractivity contribution in [3.63, 3.8) is 0 Å². The smallest absolute Gasteiger partial charge is 0.272 e. The number of likely N-dealkylation sites (N-methyl/N-ethyl adjacent to an activating group) is 1. The van der Waals surface area contributed by atoms with Crippen LogP contribution in [0.5, 0.6) is 0 Å². The molecule has 0 spiro atoms. The van der Waals surface area contributed by atoms with Gasteiger partial charge in [-0.05, 0) is 13.0 Å². The van der Waals surface area contributed by atoms with E-state index in [1.54, 1.807) is 7.05 Å². The zero-order chi connectivity index (χ0) is 15.3. The van der Waals surface area contributed by atoms with E-state index < -0.39 is 6.17 Å². The summed E-state index contributed by atoms with van der Waals surface area (Å²) in [5.41, 5.74) is 2.44. The van der Waals surface area contributed by atoms with E-state index in [2.05, 4.69) is 10.3 Å². The van der Waals surface area contributed by atoms with Crippen LogP contribution in [0.4, 0.5) is 5.69 Å². The van der Waals surface area contributed by atoms with Crippen LogP contribution >= 0.6 is 0 Å². The standard InChI is InChI=1S/C13H15N3O2.C2H6/c1-8-10-6-4-5-7-11(10)16(3)13(18)12(14-8)15-9(2)17;1-2/h4-7,12H,1-3H3,(H,15,17);1-2H3. The van der Waals surface area contributed by atoms with Gasteiger partial charge in [0, 0.05) is 25.2 Å². The molecule has 108 valence electrons. The average Bonchev–Trinajstić information content (AvgIpc) is 2.53. The second-order valence-corrected chi connectivity index (χ2v) is 4.23. The lowest BCUT2D eigenvalue weighted by molar-refractivity contribution is -0.126. The first-order valence-corrected chi connectivity index (χ1v) is 6.69. The van der Waals surface area contributed by atoms with Gasteiger partial charge in [-0.15, -0.1) is 0 Å². The highest BCUT2D eigenvalue weighted by atomic mass is 16.2. The van der Waals surface area contributed by atoms with Crippen molar-refractivity contribution in [1.82, 2.24) is 5.32 Å². The van der Waals surface area contributed by atoms with E-state index in [1.165, 1.54) is 11.8 Å². The maximum Gasteiger partial charge on any atom is 0.272 e. The lowest BCUT2D eigenvalue weighted by atomic mass is 10.1. The third kappa shape index (κ3) is 3.23. The molecule has 1 aliphatic rings. The van der Waals surface area contributed by atoms with Gasteiger partial charge in [-0.3, -0.25) is 14.6 Å². The van der Waals surface area contributed by atoms with E-state index in [0.29, 0.717) is 0 Å². The first-order valence-electron chi connectivity index (χ1n) is 6.69. The number of nitrogens with zero attached hydrogens (tertiary/aromatic N) is 2. The zero-order valence-electron chi connectivity index (χ0n) is 12.6. The molecule has 1 aliphatic heterocycles. The van der Waals surface area contributed by atoms with Gasteiger partial charge in [0.05, 0.1) is 5.69 Å². The average molecular weight is 275 g/mol. The Morgan fingerprint density at radius 1 is 1.30 bits per heavy atom. The molecule has 0 saturated heterocycles. The topological polar surface area (TPSA) is 61.8 Å². The largest absolute Gasteiger partial charge is 0.327 e. The molecule has 5 heteroatoms. The molecule has 0 aromatic heterocycles. The van der Waals surface area contributed by atoms with Crippen LogP contribution in [0.1, 0.15) is 33.3 Å². The minimum atomic E-state index is -0.847. The molecule has 2 rings (SSSR count). The van der Waals surface area contributed by atoms with Crippen LogP contribution in [0.2, 0.25) is 0 Å². The van der Waals surface area contributed by atoms with Gasteiger partial charge >= 0.3 is 0 Å². The molecule has 0 aliphatic carbocycles. The van der Waals surface area contributed by atoms with Crippen LogP contribution in [0.15, 0.2) is 29.3 Å². The minimum Gasteiger partial charge on any atom is -0.327 e. The normalized spacial score (nSPS) is 17.2. The predicted octanol–water partition coefficient (Wildman–Crippen LogP) is 1.96. The van der Waals surface area contributed by atoms with Crippen molar-refractivity contribution in [2.45, 2.75) is 33.9 Å². The molecule has 1 N–H and O–H groups in total. The van der Waals surface area contributed by atoms with Gasteiger partial charge in [0.15, 0.2) is 0 Å². The van der Waals surface area contributed by atoms with Crippen LogP contribution in [0.25, 0.3) is 0 Å². The zero-order valence-corrected chi connectivity index (χ0v) is 12.6. The summed E-state index contributed by atoms with van der Waals surface area (Å²) in [7, 11) is 1.68. The van der Waals surface area contributed by atoms with Crippen molar-refractivity contribution < 1.29 is 9.59 Å². The number of hydrogen-bond acceptors (Lipinski definition) is 3. The fraction of sp³-hybridized carbons (Fsp3) is 0.400. The van der Waals surface area contributed by atoms with Crippen molar-refractivity contribution in [1.29, 1.82) is 0 Å². The summed E-state index contributed by atoms with van der Waals surface area (Å²) in [5.74, 6) is -0.515. The third-order valence-corrected chi connectivity index (χ3v) is 2.88.